The predicted molar refractivity (Wildman–Crippen MR) is 190 cm³/mol. The zero-order chi connectivity index (χ0) is 37.8. The standard InChI is InChI=1S/C34H37F3N6O6S3/c1-43(2)19-7-17-39-25-14-13-23(20-27(25)51(46,47)34(35,36)37)52(48,49)42-32(45)29-26(15-12-21-8-4-3-5-9-21)50-33(41-29)30-28-22(16-18-40-30)10-6-11-24(28)31(38)44/h3-6,8-11,13-14,20,30,39-40H,7,12,15-19H2,1-2H3,(H2,38,44)(H,42,45). The lowest BCUT2D eigenvalue weighted by molar-refractivity contribution is -0.0435. The highest BCUT2D eigenvalue weighted by molar-refractivity contribution is 7.92. The molecule has 0 fully saturated rings. The number of halogens is 3. The number of nitrogens with one attached hydrogen (secondary N) is 3. The molecule has 0 saturated heterocycles. The monoisotopic (exact) mass is 778 g/mol. The number of benzene rings is 3. The Morgan fingerprint density at radius 2 is 1.75 bits per heavy atom. The zero-order valence-corrected chi connectivity index (χ0v) is 30.6. The van der Waals surface area contributed by atoms with Crippen LogP contribution < -0.4 is 21.1 Å². The van der Waals surface area contributed by atoms with Gasteiger partial charge in [0.25, 0.3) is 25.8 Å². The fourth-order valence-corrected chi connectivity index (χ4v) is 8.97. The van der Waals surface area contributed by atoms with Crippen LogP contribution in [0.2, 0.25) is 0 Å². The molecule has 2 amide bonds. The lowest BCUT2D eigenvalue weighted by atomic mass is 9.90. The fraction of sp³-hybridized carbons (Fsp3) is 0.324. The Morgan fingerprint density at radius 1 is 1.02 bits per heavy atom. The highest BCUT2D eigenvalue weighted by atomic mass is 32.2. The van der Waals surface area contributed by atoms with E-state index in [0.717, 1.165) is 34.6 Å². The van der Waals surface area contributed by atoms with E-state index in [1.807, 2.05) is 46.0 Å². The molecule has 0 saturated carbocycles. The van der Waals surface area contributed by atoms with Gasteiger partial charge in [-0.2, -0.15) is 13.2 Å². The van der Waals surface area contributed by atoms with Crippen LogP contribution in [-0.2, 0) is 39.1 Å². The molecule has 5 rings (SSSR count). The molecule has 0 spiro atoms. The second-order valence-corrected chi connectivity index (χ2v) is 17.0. The van der Waals surface area contributed by atoms with Crippen molar-refractivity contribution in [3.63, 3.8) is 0 Å². The molecule has 278 valence electrons. The van der Waals surface area contributed by atoms with E-state index in [1.165, 1.54) is 0 Å². The van der Waals surface area contributed by atoms with E-state index in [2.05, 4.69) is 15.6 Å². The molecule has 0 radical (unpaired) electrons. The summed E-state index contributed by atoms with van der Waals surface area (Å²) in [6.07, 6.45) is 1.77. The van der Waals surface area contributed by atoms with Crippen molar-refractivity contribution in [1.82, 2.24) is 19.9 Å². The van der Waals surface area contributed by atoms with Crippen molar-refractivity contribution < 1.29 is 39.6 Å². The van der Waals surface area contributed by atoms with Crippen LogP contribution in [0.25, 0.3) is 0 Å². The van der Waals surface area contributed by atoms with Crippen LogP contribution in [0.4, 0.5) is 18.9 Å². The lowest BCUT2D eigenvalue weighted by Crippen LogP contribution is -2.34. The minimum atomic E-state index is -6.01. The summed E-state index contributed by atoms with van der Waals surface area (Å²) >= 11 is 1.14. The van der Waals surface area contributed by atoms with E-state index in [-0.39, 0.29) is 24.2 Å². The summed E-state index contributed by atoms with van der Waals surface area (Å²) in [5.74, 6) is -1.83. The lowest BCUT2D eigenvalue weighted by Gasteiger charge is -2.27. The molecule has 3 aromatic carbocycles. The Labute approximate surface area is 303 Å². The fourth-order valence-electron chi connectivity index (χ4n) is 5.80. The van der Waals surface area contributed by atoms with E-state index in [0.29, 0.717) is 53.9 Å². The summed E-state index contributed by atoms with van der Waals surface area (Å²) in [4.78, 5) is 30.8. The number of anilines is 1. The van der Waals surface area contributed by atoms with Gasteiger partial charge in [0.2, 0.25) is 5.91 Å². The molecule has 1 aliphatic rings. The predicted octanol–water partition coefficient (Wildman–Crippen LogP) is 4.04. The second kappa shape index (κ2) is 15.7. The van der Waals surface area contributed by atoms with Gasteiger partial charge in [0, 0.05) is 23.5 Å². The van der Waals surface area contributed by atoms with Crippen molar-refractivity contribution in [2.45, 2.75) is 47.0 Å². The number of primary amides is 1. The van der Waals surface area contributed by atoms with Crippen LogP contribution in [0.5, 0.6) is 0 Å². The number of aryl methyl sites for hydroxylation is 2. The van der Waals surface area contributed by atoms with Crippen LogP contribution in [-0.4, -0.2) is 77.8 Å². The van der Waals surface area contributed by atoms with Gasteiger partial charge in [-0.25, -0.2) is 26.5 Å². The molecular formula is C34H37F3N6O6S3. The van der Waals surface area contributed by atoms with Gasteiger partial charge in [0.15, 0.2) is 0 Å². The Morgan fingerprint density at radius 3 is 2.42 bits per heavy atom. The van der Waals surface area contributed by atoms with Crippen molar-refractivity contribution in [3.05, 3.63) is 105 Å². The van der Waals surface area contributed by atoms with Crippen molar-refractivity contribution in [1.29, 1.82) is 0 Å². The number of rotatable bonds is 14. The number of thiazole rings is 1. The summed E-state index contributed by atoms with van der Waals surface area (Å²) in [6, 6.07) is 16.0. The molecule has 2 heterocycles. The minimum Gasteiger partial charge on any atom is -0.384 e. The average Bonchev–Trinajstić information content (AvgIpc) is 3.52. The number of aromatic nitrogens is 1. The number of hydrogen-bond acceptors (Lipinski definition) is 11. The number of sulfone groups is 1. The topological polar surface area (TPSA) is 181 Å². The Bertz CT molecular complexity index is 2180. The summed E-state index contributed by atoms with van der Waals surface area (Å²) in [6.45, 7) is 1.16. The van der Waals surface area contributed by atoms with Crippen LogP contribution in [0.1, 0.15) is 59.9 Å². The van der Waals surface area contributed by atoms with E-state index in [1.54, 1.807) is 26.2 Å². The third-order valence-electron chi connectivity index (χ3n) is 8.34. The van der Waals surface area contributed by atoms with Gasteiger partial charge in [0.05, 0.1) is 16.6 Å². The number of carbonyl (C=O) groups is 2. The minimum absolute atomic E-state index is 0.0978. The van der Waals surface area contributed by atoms with Crippen molar-refractivity contribution in [3.8, 4) is 0 Å². The molecule has 12 nitrogen and oxygen atoms in total. The maximum absolute atomic E-state index is 13.8. The van der Waals surface area contributed by atoms with Gasteiger partial charge in [-0.05, 0) is 87.3 Å². The van der Waals surface area contributed by atoms with E-state index in [9.17, 15) is 39.6 Å². The first-order valence-electron chi connectivity index (χ1n) is 16.1. The normalized spacial score (nSPS) is 14.9. The molecule has 1 atom stereocenters. The first-order valence-corrected chi connectivity index (χ1v) is 19.9. The highest BCUT2D eigenvalue weighted by Crippen LogP contribution is 2.37. The largest absolute Gasteiger partial charge is 0.501 e. The number of fused-ring (bicyclic) bond motifs is 1. The molecule has 1 aliphatic heterocycles. The van der Waals surface area contributed by atoms with Gasteiger partial charge in [-0.15, -0.1) is 11.3 Å². The van der Waals surface area contributed by atoms with Crippen molar-refractivity contribution in [2.24, 2.45) is 5.73 Å². The Balaban J connectivity index is 1.51. The number of nitrogens with two attached hydrogens (primary N) is 1. The maximum Gasteiger partial charge on any atom is 0.501 e. The Hall–Kier alpha value is -4.36. The first-order chi connectivity index (χ1) is 24.5. The number of amides is 2. The SMILES string of the molecule is CN(C)CCCNc1ccc(S(=O)(=O)NC(=O)c2nc(C3NCCc4cccc(C(N)=O)c43)sc2CCc2ccccc2)cc1S(=O)(=O)C(F)(F)F. The van der Waals surface area contributed by atoms with Gasteiger partial charge < -0.3 is 21.3 Å². The van der Waals surface area contributed by atoms with Gasteiger partial charge in [-0.3, -0.25) is 9.59 Å². The zero-order valence-electron chi connectivity index (χ0n) is 28.2. The third-order valence-corrected chi connectivity index (χ3v) is 12.4. The van der Waals surface area contributed by atoms with E-state index < -0.39 is 58.7 Å². The first kappa shape index (κ1) is 38.9. The van der Waals surface area contributed by atoms with Gasteiger partial charge in [0.1, 0.15) is 15.6 Å². The van der Waals surface area contributed by atoms with Crippen LogP contribution >= 0.6 is 11.3 Å². The molecule has 18 heteroatoms. The smallest absolute Gasteiger partial charge is 0.384 e. The summed E-state index contributed by atoms with van der Waals surface area (Å²) in [5.41, 5.74) is 1.93. The molecule has 0 aliphatic carbocycles. The van der Waals surface area contributed by atoms with Crippen LogP contribution in [0.15, 0.2) is 76.5 Å². The molecule has 5 N–H and O–H groups in total. The summed E-state index contributed by atoms with van der Waals surface area (Å²) in [5, 5.41) is 6.32. The molecule has 52 heavy (non-hydrogen) atoms. The van der Waals surface area contributed by atoms with Crippen molar-refractivity contribution >= 4 is 48.7 Å². The number of hydrogen-bond donors (Lipinski definition) is 4. The Kier molecular flexibility index (Phi) is 11.7. The average molecular weight is 779 g/mol. The number of sulfonamides is 1. The van der Waals surface area contributed by atoms with Crippen LogP contribution in [0.3, 0.4) is 0 Å². The van der Waals surface area contributed by atoms with Crippen molar-refractivity contribution in [2.75, 3.05) is 39.0 Å². The molecule has 1 unspecified atom stereocenters. The number of carbonyl (C=O) groups excluding carboxylic acids is 2. The number of alkyl halides is 3. The molecular weight excluding hydrogens is 742 g/mol. The quantitative estimate of drug-likeness (QED) is 0.137. The summed E-state index contributed by atoms with van der Waals surface area (Å²) in [7, 11) is -7.36. The van der Waals surface area contributed by atoms with Gasteiger partial charge in [-0.1, -0.05) is 42.5 Å². The maximum atomic E-state index is 13.8. The molecule has 1 aromatic heterocycles. The molecule has 0 bridgehead atoms. The van der Waals surface area contributed by atoms with E-state index in [4.69, 9.17) is 5.73 Å². The van der Waals surface area contributed by atoms with E-state index >= 15 is 0 Å². The molecule has 4 aromatic rings. The van der Waals surface area contributed by atoms with Gasteiger partial charge >= 0.3 is 5.51 Å². The van der Waals surface area contributed by atoms with Crippen LogP contribution in [0, 0.1) is 0 Å². The number of nitrogens with zero attached hydrogens (tertiary/aromatic N) is 2. The second-order valence-electron chi connectivity index (χ2n) is 12.3. The highest BCUT2D eigenvalue weighted by Gasteiger charge is 2.48. The summed E-state index contributed by atoms with van der Waals surface area (Å²) < 4.78 is 95.3. The third kappa shape index (κ3) is 8.63.